The Morgan fingerprint density at radius 3 is 1.64 bits per heavy atom. The molecule has 2 heteroatoms. The topological polar surface area (TPSA) is 17.0 Å². The first-order valence-electron chi connectivity index (χ1n) is 15.5. The number of aryl methyl sites for hydroxylation is 1. The molecule has 9 rings (SSSR count). The van der Waals surface area contributed by atoms with Crippen molar-refractivity contribution in [2.75, 3.05) is 5.32 Å². The van der Waals surface area contributed by atoms with Gasteiger partial charge in [-0.05, 0) is 92.3 Å². The molecule has 0 atom stereocenters. The van der Waals surface area contributed by atoms with Gasteiger partial charge >= 0.3 is 0 Å². The average molecular weight is 575 g/mol. The number of benzene rings is 8. The van der Waals surface area contributed by atoms with Crippen molar-refractivity contribution in [3.8, 4) is 16.8 Å². The highest BCUT2D eigenvalue weighted by Gasteiger charge is 2.17. The maximum absolute atomic E-state index is 3.75. The van der Waals surface area contributed by atoms with Crippen molar-refractivity contribution in [3.63, 3.8) is 0 Å². The molecular weight excluding hydrogens is 544 g/mol. The van der Waals surface area contributed by atoms with Gasteiger partial charge in [0.25, 0.3) is 0 Å². The van der Waals surface area contributed by atoms with Gasteiger partial charge in [-0.1, -0.05) is 121 Å². The van der Waals surface area contributed by atoms with E-state index in [1.165, 1.54) is 70.8 Å². The molecule has 0 saturated heterocycles. The maximum Gasteiger partial charge on any atom is 0.0779 e. The monoisotopic (exact) mass is 574 g/mol. The molecule has 0 aliphatic carbocycles. The largest absolute Gasteiger partial charge is 0.354 e. The molecule has 0 spiro atoms. The molecule has 1 heterocycles. The Morgan fingerprint density at radius 1 is 0.422 bits per heavy atom. The Balaban J connectivity index is 1.21. The summed E-state index contributed by atoms with van der Waals surface area (Å²) in [5.74, 6) is 0. The number of rotatable bonds is 4. The van der Waals surface area contributed by atoms with E-state index in [2.05, 4.69) is 175 Å². The molecule has 45 heavy (non-hydrogen) atoms. The first kappa shape index (κ1) is 25.6. The summed E-state index contributed by atoms with van der Waals surface area (Å²) < 4.78 is 2.41. The van der Waals surface area contributed by atoms with Gasteiger partial charge in [-0.15, -0.1) is 0 Å². The number of hydrogen-bond donors (Lipinski definition) is 1. The normalized spacial score (nSPS) is 11.7. The van der Waals surface area contributed by atoms with Crippen LogP contribution in [0.3, 0.4) is 0 Å². The van der Waals surface area contributed by atoms with Crippen molar-refractivity contribution in [2.24, 2.45) is 0 Å². The van der Waals surface area contributed by atoms with Crippen molar-refractivity contribution in [1.29, 1.82) is 0 Å². The highest BCUT2D eigenvalue weighted by atomic mass is 15.0. The number of nitrogens with one attached hydrogen (secondary N) is 1. The van der Waals surface area contributed by atoms with Gasteiger partial charge in [0.05, 0.1) is 16.7 Å². The minimum Gasteiger partial charge on any atom is -0.354 e. The number of hydrogen-bond acceptors (Lipinski definition) is 1. The lowest BCUT2D eigenvalue weighted by molar-refractivity contribution is 1.18. The van der Waals surface area contributed by atoms with Crippen LogP contribution >= 0.6 is 0 Å². The molecule has 0 unspecified atom stereocenters. The zero-order valence-corrected chi connectivity index (χ0v) is 25.0. The van der Waals surface area contributed by atoms with E-state index in [1.54, 1.807) is 0 Å². The predicted molar refractivity (Wildman–Crippen MR) is 193 cm³/mol. The van der Waals surface area contributed by atoms with Crippen molar-refractivity contribution < 1.29 is 0 Å². The lowest BCUT2D eigenvalue weighted by atomic mass is 9.92. The summed E-state index contributed by atoms with van der Waals surface area (Å²) in [4.78, 5) is 0. The van der Waals surface area contributed by atoms with Gasteiger partial charge in [0.1, 0.15) is 0 Å². The molecule has 0 radical (unpaired) electrons. The number of aromatic nitrogens is 1. The summed E-state index contributed by atoms with van der Waals surface area (Å²) in [5, 5.41) is 14.0. The Kier molecular flexibility index (Phi) is 5.76. The zero-order chi connectivity index (χ0) is 29.9. The fourth-order valence-corrected chi connectivity index (χ4v) is 7.14. The van der Waals surface area contributed by atoms with Gasteiger partial charge in [-0.3, -0.25) is 0 Å². The van der Waals surface area contributed by atoms with Gasteiger partial charge in [0.2, 0.25) is 0 Å². The van der Waals surface area contributed by atoms with Gasteiger partial charge in [-0.2, -0.15) is 0 Å². The number of anilines is 2. The van der Waals surface area contributed by atoms with Crippen LogP contribution in [0, 0.1) is 6.92 Å². The third kappa shape index (κ3) is 4.03. The first-order chi connectivity index (χ1) is 22.2. The number of fused-ring (bicyclic) bond motifs is 9. The van der Waals surface area contributed by atoms with Gasteiger partial charge < -0.3 is 9.88 Å². The summed E-state index contributed by atoms with van der Waals surface area (Å²) in [6.45, 7) is 2.18. The fraction of sp³-hybridized carbons (Fsp3) is 0.0233. The van der Waals surface area contributed by atoms with E-state index in [0.29, 0.717) is 0 Å². The maximum atomic E-state index is 3.75. The summed E-state index contributed by atoms with van der Waals surface area (Å²) in [6.07, 6.45) is 0. The van der Waals surface area contributed by atoms with Crippen LogP contribution in [0.4, 0.5) is 11.4 Å². The lowest BCUT2D eigenvalue weighted by Gasteiger charge is -2.16. The molecule has 8 aromatic carbocycles. The van der Waals surface area contributed by atoms with Crippen LogP contribution in [-0.4, -0.2) is 4.57 Å². The molecule has 0 bridgehead atoms. The third-order valence-corrected chi connectivity index (χ3v) is 9.29. The van der Waals surface area contributed by atoms with Crippen molar-refractivity contribution in [2.45, 2.75) is 6.92 Å². The Morgan fingerprint density at radius 2 is 0.956 bits per heavy atom. The van der Waals surface area contributed by atoms with Gasteiger partial charge in [0, 0.05) is 22.1 Å². The standard InChI is InChI=1S/C43H30N2/c1-28-19-25-39-38-17-9-10-18-41(38)45(43(39)42(28)44-31-11-3-2-4-12-31)32-23-20-29(21-24-32)30-22-26-37-35-15-6-5-13-33(35)34-14-7-8-16-36(34)40(37)27-30/h2-27,44H,1H3. The second kappa shape index (κ2) is 10.1. The smallest absolute Gasteiger partial charge is 0.0779 e. The van der Waals surface area contributed by atoms with Crippen LogP contribution in [0.25, 0.3) is 70.9 Å². The molecule has 9 aromatic rings. The Labute approximate surface area is 261 Å². The molecule has 0 aliphatic heterocycles. The lowest BCUT2D eigenvalue weighted by Crippen LogP contribution is -2.00. The molecule has 0 aliphatic rings. The van der Waals surface area contributed by atoms with Crippen LogP contribution in [0.2, 0.25) is 0 Å². The van der Waals surface area contributed by atoms with E-state index in [4.69, 9.17) is 0 Å². The second-order valence-corrected chi connectivity index (χ2v) is 11.9. The number of para-hydroxylation sites is 2. The van der Waals surface area contributed by atoms with Crippen molar-refractivity contribution in [3.05, 3.63) is 163 Å². The van der Waals surface area contributed by atoms with E-state index in [1.807, 2.05) is 0 Å². The highest BCUT2D eigenvalue weighted by Crippen LogP contribution is 2.40. The van der Waals surface area contributed by atoms with Crippen LogP contribution < -0.4 is 5.32 Å². The van der Waals surface area contributed by atoms with Crippen LogP contribution in [0.1, 0.15) is 5.56 Å². The molecule has 0 saturated carbocycles. The van der Waals surface area contributed by atoms with E-state index < -0.39 is 0 Å². The van der Waals surface area contributed by atoms with Gasteiger partial charge in [-0.25, -0.2) is 0 Å². The second-order valence-electron chi connectivity index (χ2n) is 11.9. The Bertz CT molecular complexity index is 2520. The first-order valence-corrected chi connectivity index (χ1v) is 15.5. The predicted octanol–water partition coefficient (Wildman–Crippen LogP) is 12.0. The summed E-state index contributed by atoms with van der Waals surface area (Å²) >= 11 is 0. The molecule has 1 N–H and O–H groups in total. The van der Waals surface area contributed by atoms with Crippen LogP contribution in [0.15, 0.2) is 158 Å². The quantitative estimate of drug-likeness (QED) is 0.207. The average Bonchev–Trinajstić information content (AvgIpc) is 3.44. The number of nitrogens with zero attached hydrogens (tertiary/aromatic N) is 1. The van der Waals surface area contributed by atoms with Crippen molar-refractivity contribution >= 4 is 65.5 Å². The van der Waals surface area contributed by atoms with E-state index in [0.717, 1.165) is 17.1 Å². The Hall–Kier alpha value is -5.86. The fourth-order valence-electron chi connectivity index (χ4n) is 7.14. The molecule has 212 valence electrons. The SMILES string of the molecule is Cc1ccc2c3ccccc3n(-c3ccc(-c4ccc5c6ccccc6c6ccccc6c5c4)cc3)c2c1Nc1ccccc1. The molecule has 0 amide bonds. The van der Waals surface area contributed by atoms with Crippen molar-refractivity contribution in [1.82, 2.24) is 4.57 Å². The minimum atomic E-state index is 1.08. The van der Waals surface area contributed by atoms with E-state index in [-0.39, 0.29) is 0 Å². The van der Waals surface area contributed by atoms with E-state index in [9.17, 15) is 0 Å². The third-order valence-electron chi connectivity index (χ3n) is 9.29. The van der Waals surface area contributed by atoms with Crippen LogP contribution in [0.5, 0.6) is 0 Å². The summed E-state index contributed by atoms with van der Waals surface area (Å²) in [5.41, 5.74) is 9.38. The molecule has 1 aromatic heterocycles. The highest BCUT2D eigenvalue weighted by molar-refractivity contribution is 6.25. The van der Waals surface area contributed by atoms with E-state index >= 15 is 0 Å². The zero-order valence-electron chi connectivity index (χ0n) is 25.0. The van der Waals surface area contributed by atoms with Gasteiger partial charge in [0.15, 0.2) is 0 Å². The molecule has 2 nitrogen and oxygen atoms in total. The molecule has 0 fully saturated rings. The summed E-state index contributed by atoms with van der Waals surface area (Å²) in [7, 11) is 0. The minimum absolute atomic E-state index is 1.08. The van der Waals surface area contributed by atoms with Crippen LogP contribution in [-0.2, 0) is 0 Å². The summed E-state index contributed by atoms with van der Waals surface area (Å²) in [6, 6.07) is 57.2. The molecular formula is C43H30N2.